The topological polar surface area (TPSA) is 69.0 Å². The Balaban J connectivity index is 2.16. The Bertz CT molecular complexity index is 608. The molecule has 0 saturated carbocycles. The molecule has 1 amide bonds. The van der Waals surface area contributed by atoms with Crippen LogP contribution >= 0.6 is 30.3 Å². The van der Waals surface area contributed by atoms with Gasteiger partial charge in [-0.2, -0.15) is 0 Å². The number of aromatic nitrogens is 3. The number of rotatable bonds is 2. The zero-order valence-corrected chi connectivity index (χ0v) is 13.7. The molecule has 0 aliphatic rings. The van der Waals surface area contributed by atoms with Crippen molar-refractivity contribution in [3.05, 3.63) is 18.5 Å². The summed E-state index contributed by atoms with van der Waals surface area (Å²) >= 11 is 2.16. The fourth-order valence-electron chi connectivity index (χ4n) is 1.41. The standard InChI is InChI=1S/C11H13IN4O2S/c1-11(2,3)18-10(17)15-8-6-13-9-7(14-8)4-5-16(9)19-12/h4-6H,1-3H3,(H,14,15,17). The number of ether oxygens (including phenoxy) is 1. The van der Waals surface area contributed by atoms with Crippen molar-refractivity contribution in [2.24, 2.45) is 0 Å². The van der Waals surface area contributed by atoms with Gasteiger partial charge < -0.3 is 4.74 Å². The summed E-state index contributed by atoms with van der Waals surface area (Å²) < 4.78 is 7.04. The molecule has 2 aromatic rings. The molecule has 0 fully saturated rings. The molecule has 0 aromatic carbocycles. The Morgan fingerprint density at radius 3 is 2.89 bits per heavy atom. The molecule has 6 nitrogen and oxygen atoms in total. The molecule has 0 spiro atoms. The Kier molecular flexibility index (Phi) is 4.19. The van der Waals surface area contributed by atoms with Gasteiger partial charge in [-0.15, -0.1) is 0 Å². The molecule has 1 N–H and O–H groups in total. The first-order chi connectivity index (χ1) is 8.89. The number of fused-ring (bicyclic) bond motifs is 1. The molecule has 8 heteroatoms. The van der Waals surface area contributed by atoms with Gasteiger partial charge in [0.25, 0.3) is 0 Å². The Morgan fingerprint density at radius 2 is 2.26 bits per heavy atom. The van der Waals surface area contributed by atoms with Gasteiger partial charge in [-0.1, -0.05) is 0 Å². The number of nitrogens with zero attached hydrogens (tertiary/aromatic N) is 3. The van der Waals surface area contributed by atoms with Crippen molar-refractivity contribution in [2.45, 2.75) is 26.4 Å². The van der Waals surface area contributed by atoms with Crippen LogP contribution in [-0.2, 0) is 4.74 Å². The minimum atomic E-state index is -0.539. The summed E-state index contributed by atoms with van der Waals surface area (Å²) in [7, 11) is 1.50. The quantitative estimate of drug-likeness (QED) is 0.791. The average molecular weight is 392 g/mol. The number of nitrogens with one attached hydrogen (secondary N) is 1. The zero-order chi connectivity index (χ0) is 14.0. The van der Waals surface area contributed by atoms with E-state index in [0.717, 1.165) is 11.2 Å². The summed E-state index contributed by atoms with van der Waals surface area (Å²) in [4.78, 5) is 20.2. The van der Waals surface area contributed by atoms with Gasteiger partial charge in [-0.05, 0) is 26.8 Å². The molecule has 2 rings (SSSR count). The van der Waals surface area contributed by atoms with Gasteiger partial charge in [0.2, 0.25) is 0 Å². The van der Waals surface area contributed by atoms with Crippen molar-refractivity contribution < 1.29 is 9.53 Å². The molecular weight excluding hydrogens is 379 g/mol. The third-order valence-electron chi connectivity index (χ3n) is 2.06. The van der Waals surface area contributed by atoms with E-state index in [1.807, 2.05) is 16.2 Å². The van der Waals surface area contributed by atoms with Crippen molar-refractivity contribution in [3.63, 3.8) is 0 Å². The van der Waals surface area contributed by atoms with Crippen molar-refractivity contribution in [1.29, 1.82) is 0 Å². The van der Waals surface area contributed by atoms with E-state index in [4.69, 9.17) is 4.74 Å². The second kappa shape index (κ2) is 5.53. The number of hydrogen-bond acceptors (Lipinski definition) is 5. The monoisotopic (exact) mass is 392 g/mol. The lowest BCUT2D eigenvalue weighted by atomic mass is 10.2. The second-order valence-electron chi connectivity index (χ2n) is 4.80. The molecule has 0 bridgehead atoms. The van der Waals surface area contributed by atoms with Crippen molar-refractivity contribution in [1.82, 2.24) is 13.9 Å². The first-order valence-corrected chi connectivity index (χ1v) is 8.84. The van der Waals surface area contributed by atoms with Gasteiger partial charge in [0.15, 0.2) is 11.5 Å². The lowest BCUT2D eigenvalue weighted by Crippen LogP contribution is -2.27. The van der Waals surface area contributed by atoms with Crippen molar-refractivity contribution >= 4 is 53.4 Å². The molecule has 0 radical (unpaired) electrons. The van der Waals surface area contributed by atoms with Crippen LogP contribution in [0.2, 0.25) is 0 Å². The predicted molar refractivity (Wildman–Crippen MR) is 84.4 cm³/mol. The van der Waals surface area contributed by atoms with Crippen LogP contribution < -0.4 is 5.32 Å². The van der Waals surface area contributed by atoms with Gasteiger partial charge in [0.05, 0.1) is 6.20 Å². The fourth-order valence-corrected chi connectivity index (χ4v) is 2.68. The smallest absolute Gasteiger partial charge is 0.413 e. The van der Waals surface area contributed by atoms with E-state index in [0.29, 0.717) is 5.82 Å². The summed E-state index contributed by atoms with van der Waals surface area (Å²) in [5.74, 6) is 0.373. The van der Waals surface area contributed by atoms with Crippen LogP contribution in [0, 0.1) is 0 Å². The highest BCUT2D eigenvalue weighted by Gasteiger charge is 2.17. The minimum Gasteiger partial charge on any atom is -0.444 e. The Hall–Kier alpha value is -1.03. The molecule has 0 aliphatic carbocycles. The Morgan fingerprint density at radius 1 is 1.53 bits per heavy atom. The summed E-state index contributed by atoms with van der Waals surface area (Å²) in [6, 6.07) is 1.84. The second-order valence-corrected chi connectivity index (χ2v) is 6.51. The van der Waals surface area contributed by atoms with Crippen molar-refractivity contribution in [2.75, 3.05) is 5.32 Å². The largest absolute Gasteiger partial charge is 0.444 e. The number of halogens is 1. The lowest BCUT2D eigenvalue weighted by Gasteiger charge is -2.19. The molecular formula is C11H13IN4O2S. The number of amides is 1. The van der Waals surface area contributed by atoms with E-state index in [-0.39, 0.29) is 0 Å². The molecule has 102 valence electrons. The van der Waals surface area contributed by atoms with Gasteiger partial charge in [0, 0.05) is 36.5 Å². The minimum absolute atomic E-state index is 0.373. The first-order valence-electron chi connectivity index (χ1n) is 5.52. The van der Waals surface area contributed by atoms with Gasteiger partial charge in [-0.25, -0.2) is 14.8 Å². The van der Waals surface area contributed by atoms with Crippen LogP contribution in [-0.4, -0.2) is 25.6 Å². The molecule has 19 heavy (non-hydrogen) atoms. The van der Waals surface area contributed by atoms with Crippen LogP contribution in [0.25, 0.3) is 11.2 Å². The predicted octanol–water partition coefficient (Wildman–Crippen LogP) is 3.62. The fraction of sp³-hybridized carbons (Fsp3) is 0.364. The molecule has 0 atom stereocenters. The Labute approximate surface area is 127 Å². The molecule has 2 aromatic heterocycles. The third-order valence-corrected chi connectivity index (χ3v) is 3.78. The lowest BCUT2D eigenvalue weighted by molar-refractivity contribution is 0.0635. The van der Waals surface area contributed by atoms with Crippen molar-refractivity contribution in [3.8, 4) is 0 Å². The van der Waals surface area contributed by atoms with Crippen LogP contribution in [0.5, 0.6) is 0 Å². The van der Waals surface area contributed by atoms with E-state index in [2.05, 4.69) is 36.5 Å². The molecule has 2 heterocycles. The summed E-state index contributed by atoms with van der Waals surface area (Å²) in [5, 5.41) is 2.57. The first kappa shape index (κ1) is 14.4. The van der Waals surface area contributed by atoms with Gasteiger partial charge in [-0.3, -0.25) is 9.29 Å². The maximum absolute atomic E-state index is 11.6. The number of carbonyl (C=O) groups excluding carboxylic acids is 1. The maximum Gasteiger partial charge on any atom is 0.413 e. The van der Waals surface area contributed by atoms with Gasteiger partial charge >= 0.3 is 6.09 Å². The number of carbonyl (C=O) groups is 1. The van der Waals surface area contributed by atoms with Crippen LogP contribution in [0.4, 0.5) is 10.6 Å². The number of hydrogen-bond donors (Lipinski definition) is 1. The highest BCUT2D eigenvalue weighted by atomic mass is 127. The van der Waals surface area contributed by atoms with E-state index in [1.165, 1.54) is 15.3 Å². The normalized spacial score (nSPS) is 11.6. The van der Waals surface area contributed by atoms with Crippen LogP contribution in [0.3, 0.4) is 0 Å². The van der Waals surface area contributed by atoms with E-state index >= 15 is 0 Å². The summed E-state index contributed by atoms with van der Waals surface area (Å²) in [6.45, 7) is 5.41. The average Bonchev–Trinajstić information content (AvgIpc) is 2.68. The summed E-state index contributed by atoms with van der Waals surface area (Å²) in [6.07, 6.45) is 2.85. The van der Waals surface area contributed by atoms with Gasteiger partial charge in [0.1, 0.15) is 11.1 Å². The van der Waals surface area contributed by atoms with E-state index < -0.39 is 11.7 Å². The zero-order valence-electron chi connectivity index (χ0n) is 10.7. The molecule has 0 aliphatic heterocycles. The van der Waals surface area contributed by atoms with Crippen LogP contribution in [0.15, 0.2) is 18.5 Å². The SMILES string of the molecule is CC(C)(C)OC(=O)Nc1cnc2c(ccn2SI)n1. The highest BCUT2D eigenvalue weighted by Crippen LogP contribution is 2.23. The maximum atomic E-state index is 11.6. The third kappa shape index (κ3) is 3.72. The molecule has 0 saturated heterocycles. The van der Waals surface area contributed by atoms with E-state index in [9.17, 15) is 4.79 Å². The summed E-state index contributed by atoms with van der Waals surface area (Å²) in [5.41, 5.74) is 0.940. The molecule has 0 unspecified atom stereocenters. The van der Waals surface area contributed by atoms with E-state index in [1.54, 1.807) is 20.8 Å². The van der Waals surface area contributed by atoms with Crippen LogP contribution in [0.1, 0.15) is 20.8 Å². The number of anilines is 1. The highest BCUT2D eigenvalue weighted by molar-refractivity contribution is 14.2.